The first kappa shape index (κ1) is 13.8. The molecule has 3 nitrogen and oxygen atoms in total. The molecule has 2 N–H and O–H groups in total. The van der Waals surface area contributed by atoms with Crippen LogP contribution in [0.3, 0.4) is 0 Å². The molecule has 2 unspecified atom stereocenters. The zero-order valence-electron chi connectivity index (χ0n) is 11.8. The van der Waals surface area contributed by atoms with Crippen LogP contribution in [0.15, 0.2) is 24.3 Å². The molecule has 0 aromatic heterocycles. The summed E-state index contributed by atoms with van der Waals surface area (Å²) in [5.74, 6) is 2.76. The number of fused-ring (bicyclic) bond motifs is 1. The lowest BCUT2D eigenvalue weighted by atomic mass is 10.0. The van der Waals surface area contributed by atoms with E-state index in [-0.39, 0.29) is 0 Å². The fraction of sp³-hybridized carbons (Fsp3) is 0.562. The lowest BCUT2D eigenvalue weighted by Gasteiger charge is -2.17. The maximum absolute atomic E-state index is 5.82. The van der Waals surface area contributed by atoms with E-state index in [1.54, 1.807) is 0 Å². The highest BCUT2D eigenvalue weighted by Crippen LogP contribution is 2.37. The first-order valence-electron chi connectivity index (χ1n) is 7.47. The number of hydrogen-bond acceptors (Lipinski definition) is 3. The zero-order chi connectivity index (χ0) is 13.9. The van der Waals surface area contributed by atoms with E-state index < -0.39 is 0 Å². The van der Waals surface area contributed by atoms with Crippen molar-refractivity contribution in [3.05, 3.63) is 29.8 Å². The first-order chi connectivity index (χ1) is 9.72. The Labute approximate surface area is 126 Å². The number of likely N-dealkylation sites (tertiary alicyclic amines) is 1. The lowest BCUT2D eigenvalue weighted by Crippen LogP contribution is -2.27. The number of ether oxygens (including phenoxy) is 1. The van der Waals surface area contributed by atoms with Crippen molar-refractivity contribution in [2.75, 3.05) is 26.2 Å². The summed E-state index contributed by atoms with van der Waals surface area (Å²) in [5.41, 5.74) is 6.50. The Morgan fingerprint density at radius 2 is 2.05 bits per heavy atom. The van der Waals surface area contributed by atoms with E-state index in [0.29, 0.717) is 4.99 Å². The molecule has 1 aromatic carbocycles. The van der Waals surface area contributed by atoms with E-state index in [1.165, 1.54) is 32.4 Å². The van der Waals surface area contributed by atoms with Crippen LogP contribution in [0.25, 0.3) is 0 Å². The lowest BCUT2D eigenvalue weighted by molar-refractivity contribution is 0.227. The van der Waals surface area contributed by atoms with Gasteiger partial charge in [-0.25, -0.2) is 0 Å². The third kappa shape index (κ3) is 3.13. The monoisotopic (exact) mass is 290 g/mol. The predicted octanol–water partition coefficient (Wildman–Crippen LogP) is 2.43. The van der Waals surface area contributed by atoms with E-state index in [4.69, 9.17) is 22.7 Å². The largest absolute Gasteiger partial charge is 0.492 e. The average molecular weight is 290 g/mol. The van der Waals surface area contributed by atoms with Crippen molar-refractivity contribution < 1.29 is 4.74 Å². The summed E-state index contributed by atoms with van der Waals surface area (Å²) in [6.45, 7) is 4.28. The van der Waals surface area contributed by atoms with Gasteiger partial charge in [0, 0.05) is 25.2 Å². The minimum Gasteiger partial charge on any atom is -0.492 e. The molecule has 1 saturated carbocycles. The van der Waals surface area contributed by atoms with Gasteiger partial charge in [0.15, 0.2) is 0 Å². The summed E-state index contributed by atoms with van der Waals surface area (Å²) in [7, 11) is 0. The Morgan fingerprint density at radius 1 is 1.30 bits per heavy atom. The number of rotatable bonds is 5. The summed E-state index contributed by atoms with van der Waals surface area (Å²) in [5, 5.41) is 0. The SMILES string of the molecule is NC(=S)c1cccc(OCCN2CC3CCCC3C2)c1. The Balaban J connectivity index is 1.46. The molecular weight excluding hydrogens is 268 g/mol. The normalized spacial score (nSPS) is 25.6. The Bertz CT molecular complexity index is 479. The Kier molecular flexibility index (Phi) is 4.22. The minimum absolute atomic E-state index is 0.419. The molecule has 4 heteroatoms. The fourth-order valence-electron chi connectivity index (χ4n) is 3.55. The van der Waals surface area contributed by atoms with Crippen molar-refractivity contribution >= 4 is 17.2 Å². The van der Waals surface area contributed by atoms with Crippen molar-refractivity contribution in [1.82, 2.24) is 4.90 Å². The van der Waals surface area contributed by atoms with Gasteiger partial charge < -0.3 is 10.5 Å². The minimum atomic E-state index is 0.419. The Morgan fingerprint density at radius 3 is 2.75 bits per heavy atom. The smallest absolute Gasteiger partial charge is 0.120 e. The number of nitrogens with two attached hydrogens (primary N) is 1. The molecule has 20 heavy (non-hydrogen) atoms. The maximum Gasteiger partial charge on any atom is 0.120 e. The first-order valence-corrected chi connectivity index (χ1v) is 7.88. The average Bonchev–Trinajstić information content (AvgIpc) is 3.00. The quantitative estimate of drug-likeness (QED) is 0.845. The highest BCUT2D eigenvalue weighted by Gasteiger charge is 2.35. The van der Waals surface area contributed by atoms with Gasteiger partial charge in [-0.05, 0) is 36.8 Å². The number of hydrogen-bond donors (Lipinski definition) is 1. The van der Waals surface area contributed by atoms with Crippen molar-refractivity contribution in [1.29, 1.82) is 0 Å². The van der Waals surface area contributed by atoms with E-state index in [9.17, 15) is 0 Å². The molecule has 3 rings (SSSR count). The molecule has 2 atom stereocenters. The summed E-state index contributed by atoms with van der Waals surface area (Å²) in [4.78, 5) is 2.97. The zero-order valence-corrected chi connectivity index (χ0v) is 12.6. The highest BCUT2D eigenvalue weighted by molar-refractivity contribution is 7.80. The maximum atomic E-state index is 5.82. The number of thiocarbonyl (C=S) groups is 1. The standard InChI is InChI=1S/C16H22N2OS/c17-16(20)12-3-2-6-15(9-12)19-8-7-18-10-13-4-1-5-14(13)11-18/h2-3,6,9,13-14H,1,4-5,7-8,10-11H2,(H2,17,20). The third-order valence-electron chi connectivity index (χ3n) is 4.60. The van der Waals surface area contributed by atoms with Crippen molar-refractivity contribution in [3.8, 4) is 5.75 Å². The summed E-state index contributed by atoms with van der Waals surface area (Å²) < 4.78 is 5.82. The molecule has 108 valence electrons. The second-order valence-corrected chi connectivity index (χ2v) is 6.39. The molecule has 0 radical (unpaired) electrons. The van der Waals surface area contributed by atoms with Crippen LogP contribution in [0.4, 0.5) is 0 Å². The van der Waals surface area contributed by atoms with Crippen LogP contribution in [0.5, 0.6) is 5.75 Å². The van der Waals surface area contributed by atoms with Crippen LogP contribution in [0, 0.1) is 11.8 Å². The van der Waals surface area contributed by atoms with Crippen molar-refractivity contribution in [3.63, 3.8) is 0 Å². The molecule has 2 fully saturated rings. The molecule has 1 aromatic rings. The van der Waals surface area contributed by atoms with Gasteiger partial charge in [-0.3, -0.25) is 4.90 Å². The van der Waals surface area contributed by atoms with E-state index in [0.717, 1.165) is 36.3 Å². The van der Waals surface area contributed by atoms with Crippen LogP contribution < -0.4 is 10.5 Å². The van der Waals surface area contributed by atoms with Gasteiger partial charge in [-0.2, -0.15) is 0 Å². The molecule has 1 aliphatic carbocycles. The van der Waals surface area contributed by atoms with Crippen LogP contribution in [-0.2, 0) is 0 Å². The second kappa shape index (κ2) is 6.10. The van der Waals surface area contributed by atoms with Gasteiger partial charge in [-0.1, -0.05) is 30.8 Å². The van der Waals surface area contributed by atoms with Crippen LogP contribution in [-0.4, -0.2) is 36.1 Å². The topological polar surface area (TPSA) is 38.5 Å². The predicted molar refractivity (Wildman–Crippen MR) is 85.1 cm³/mol. The number of nitrogens with zero attached hydrogens (tertiary/aromatic N) is 1. The summed E-state index contributed by atoms with van der Waals surface area (Å²) in [6.07, 6.45) is 4.29. The molecule has 0 spiro atoms. The molecule has 0 amide bonds. The van der Waals surface area contributed by atoms with E-state index in [2.05, 4.69) is 4.90 Å². The number of benzene rings is 1. The molecule has 2 aliphatic rings. The Hall–Kier alpha value is -1.13. The van der Waals surface area contributed by atoms with Gasteiger partial charge in [-0.15, -0.1) is 0 Å². The van der Waals surface area contributed by atoms with Gasteiger partial charge >= 0.3 is 0 Å². The van der Waals surface area contributed by atoms with E-state index in [1.807, 2.05) is 24.3 Å². The molecule has 1 heterocycles. The van der Waals surface area contributed by atoms with Crippen LogP contribution in [0.1, 0.15) is 24.8 Å². The molecule has 1 aliphatic heterocycles. The fourth-order valence-corrected chi connectivity index (χ4v) is 3.67. The second-order valence-electron chi connectivity index (χ2n) is 5.95. The van der Waals surface area contributed by atoms with Crippen molar-refractivity contribution in [2.45, 2.75) is 19.3 Å². The van der Waals surface area contributed by atoms with Gasteiger partial charge in [0.1, 0.15) is 17.3 Å². The van der Waals surface area contributed by atoms with Crippen LogP contribution >= 0.6 is 12.2 Å². The molecule has 1 saturated heterocycles. The third-order valence-corrected chi connectivity index (χ3v) is 4.83. The van der Waals surface area contributed by atoms with E-state index >= 15 is 0 Å². The van der Waals surface area contributed by atoms with Gasteiger partial charge in [0.2, 0.25) is 0 Å². The highest BCUT2D eigenvalue weighted by atomic mass is 32.1. The molecule has 0 bridgehead atoms. The van der Waals surface area contributed by atoms with Gasteiger partial charge in [0.05, 0.1) is 0 Å². The van der Waals surface area contributed by atoms with Crippen LogP contribution in [0.2, 0.25) is 0 Å². The van der Waals surface area contributed by atoms with Gasteiger partial charge in [0.25, 0.3) is 0 Å². The molecular formula is C16H22N2OS. The van der Waals surface area contributed by atoms with Crippen molar-refractivity contribution in [2.24, 2.45) is 17.6 Å². The summed E-state index contributed by atoms with van der Waals surface area (Å²) in [6, 6.07) is 7.72. The summed E-state index contributed by atoms with van der Waals surface area (Å²) >= 11 is 4.98.